The molecule has 2 rings (SSSR count). The summed E-state index contributed by atoms with van der Waals surface area (Å²) in [5.74, 6) is 0. The summed E-state index contributed by atoms with van der Waals surface area (Å²) >= 11 is 12.9. The molecule has 0 aliphatic heterocycles. The van der Waals surface area contributed by atoms with Crippen LogP contribution in [0.2, 0.25) is 9.36 Å². The highest BCUT2D eigenvalue weighted by Crippen LogP contribution is 2.25. The summed E-state index contributed by atoms with van der Waals surface area (Å²) in [5, 5.41) is 0.506. The van der Waals surface area contributed by atoms with Crippen LogP contribution in [0, 0.1) is 0 Å². The predicted molar refractivity (Wildman–Crippen MR) is 79.4 cm³/mol. The molecule has 0 spiro atoms. The van der Waals surface area contributed by atoms with Gasteiger partial charge < -0.3 is 0 Å². The minimum atomic E-state index is -3.51. The Bertz CT molecular complexity index is 665. The smallest absolute Gasteiger partial charge is 0.207 e. The first-order valence-electron chi connectivity index (χ1n) is 5.36. The van der Waals surface area contributed by atoms with Crippen LogP contribution in [-0.2, 0) is 16.6 Å². The molecule has 19 heavy (non-hydrogen) atoms. The Morgan fingerprint density at radius 1 is 1.11 bits per heavy atom. The lowest BCUT2D eigenvalue weighted by Crippen LogP contribution is -2.26. The first-order valence-corrected chi connectivity index (χ1v) is 8.37. The van der Waals surface area contributed by atoms with Crippen molar-refractivity contribution in [3.63, 3.8) is 0 Å². The molecule has 0 radical (unpaired) electrons. The van der Waals surface area contributed by atoms with Gasteiger partial charge in [-0.05, 0) is 36.4 Å². The van der Waals surface area contributed by atoms with E-state index in [0.717, 1.165) is 4.88 Å². The average molecular weight is 336 g/mol. The fraction of sp³-hybridized carbons (Fsp3) is 0.167. The molecular formula is C12H11Cl2NO2S2. The van der Waals surface area contributed by atoms with Crippen molar-refractivity contribution >= 4 is 44.6 Å². The molecular weight excluding hydrogens is 325 g/mol. The van der Waals surface area contributed by atoms with E-state index in [9.17, 15) is 8.42 Å². The number of hydrogen-bond acceptors (Lipinski definition) is 3. The maximum absolute atomic E-state index is 12.3. The maximum atomic E-state index is 12.3. The van der Waals surface area contributed by atoms with Crippen LogP contribution in [0.4, 0.5) is 0 Å². The van der Waals surface area contributed by atoms with Crippen LogP contribution in [0.3, 0.4) is 0 Å². The minimum absolute atomic E-state index is 0.224. The van der Waals surface area contributed by atoms with E-state index in [4.69, 9.17) is 23.2 Å². The third-order valence-corrected chi connectivity index (χ3v) is 5.81. The summed E-state index contributed by atoms with van der Waals surface area (Å²) in [4.78, 5) is 1.12. The second kappa shape index (κ2) is 5.81. The Kier molecular flexibility index (Phi) is 4.53. The van der Waals surface area contributed by atoms with Gasteiger partial charge in [-0.25, -0.2) is 8.42 Å². The number of rotatable bonds is 4. The Labute approximate surface area is 126 Å². The van der Waals surface area contributed by atoms with Gasteiger partial charge in [0.05, 0.1) is 9.23 Å². The van der Waals surface area contributed by atoms with Crippen LogP contribution in [0.25, 0.3) is 0 Å². The minimum Gasteiger partial charge on any atom is -0.207 e. The highest BCUT2D eigenvalue weighted by atomic mass is 35.5. The molecule has 0 saturated heterocycles. The Hall–Kier alpha value is -0.590. The van der Waals surface area contributed by atoms with Gasteiger partial charge in [0, 0.05) is 23.5 Å². The van der Waals surface area contributed by atoms with E-state index in [1.165, 1.54) is 34.8 Å². The molecule has 0 unspecified atom stereocenters. The van der Waals surface area contributed by atoms with Crippen LogP contribution in [0.15, 0.2) is 41.3 Å². The van der Waals surface area contributed by atoms with Gasteiger partial charge in [0.25, 0.3) is 0 Å². The van der Waals surface area contributed by atoms with Crippen molar-refractivity contribution in [1.82, 2.24) is 4.31 Å². The lowest BCUT2D eigenvalue weighted by atomic mass is 10.4. The van der Waals surface area contributed by atoms with E-state index in [-0.39, 0.29) is 4.90 Å². The fourth-order valence-corrected chi connectivity index (χ4v) is 4.03. The van der Waals surface area contributed by atoms with Gasteiger partial charge >= 0.3 is 0 Å². The first kappa shape index (κ1) is 14.8. The molecule has 2 aromatic rings. The normalized spacial score (nSPS) is 12.0. The van der Waals surface area contributed by atoms with E-state index in [2.05, 4.69) is 0 Å². The number of halogens is 2. The Balaban J connectivity index is 2.21. The van der Waals surface area contributed by atoms with E-state index in [1.807, 2.05) is 6.07 Å². The zero-order valence-corrected chi connectivity index (χ0v) is 13.2. The number of hydrogen-bond donors (Lipinski definition) is 0. The van der Waals surface area contributed by atoms with Gasteiger partial charge in [-0.3, -0.25) is 0 Å². The molecule has 0 bridgehead atoms. The van der Waals surface area contributed by atoms with Crippen molar-refractivity contribution in [2.45, 2.75) is 11.4 Å². The summed E-state index contributed by atoms with van der Waals surface area (Å²) in [7, 11) is -1.97. The lowest BCUT2D eigenvalue weighted by Gasteiger charge is -2.16. The summed E-state index contributed by atoms with van der Waals surface area (Å²) < 4.78 is 26.6. The average Bonchev–Trinajstić information content (AvgIpc) is 2.75. The number of nitrogens with zero attached hydrogens (tertiary/aromatic N) is 1. The van der Waals surface area contributed by atoms with Crippen LogP contribution in [0.1, 0.15) is 4.88 Å². The number of sulfonamides is 1. The van der Waals surface area contributed by atoms with Gasteiger partial charge in [0.2, 0.25) is 10.0 Å². The summed E-state index contributed by atoms with van der Waals surface area (Å²) in [6.45, 7) is 0.294. The number of thiophene rings is 1. The standard InChI is InChI=1S/C12H11Cl2NO2S2/c1-15(8-10-4-7-12(14)18-10)19(16,17)11-5-2-9(13)3-6-11/h2-7H,8H2,1H3. The van der Waals surface area contributed by atoms with Crippen LogP contribution in [0.5, 0.6) is 0 Å². The van der Waals surface area contributed by atoms with Gasteiger partial charge in [-0.2, -0.15) is 4.31 Å². The highest BCUT2D eigenvalue weighted by Gasteiger charge is 2.21. The third kappa shape index (κ3) is 3.49. The fourth-order valence-electron chi connectivity index (χ4n) is 1.53. The van der Waals surface area contributed by atoms with Crippen molar-refractivity contribution in [3.05, 3.63) is 50.6 Å². The van der Waals surface area contributed by atoms with Crippen molar-refractivity contribution in [2.24, 2.45) is 0 Å². The second-order valence-electron chi connectivity index (χ2n) is 3.92. The molecule has 0 N–H and O–H groups in total. The van der Waals surface area contributed by atoms with E-state index < -0.39 is 10.0 Å². The largest absolute Gasteiger partial charge is 0.243 e. The van der Waals surface area contributed by atoms with E-state index in [0.29, 0.717) is 15.9 Å². The topological polar surface area (TPSA) is 37.4 Å². The van der Waals surface area contributed by atoms with Crippen molar-refractivity contribution in [2.75, 3.05) is 7.05 Å². The third-order valence-electron chi connectivity index (χ3n) is 2.53. The molecule has 102 valence electrons. The van der Waals surface area contributed by atoms with Crippen molar-refractivity contribution in [1.29, 1.82) is 0 Å². The molecule has 1 heterocycles. The zero-order chi connectivity index (χ0) is 14.0. The van der Waals surface area contributed by atoms with E-state index in [1.54, 1.807) is 18.2 Å². The summed E-state index contributed by atoms with van der Waals surface area (Å²) in [5.41, 5.74) is 0. The van der Waals surface area contributed by atoms with Crippen LogP contribution >= 0.6 is 34.5 Å². The van der Waals surface area contributed by atoms with E-state index >= 15 is 0 Å². The Morgan fingerprint density at radius 3 is 2.26 bits per heavy atom. The predicted octanol–water partition coefficient (Wildman–Crippen LogP) is 3.88. The van der Waals surface area contributed by atoms with Gasteiger partial charge in [-0.15, -0.1) is 11.3 Å². The molecule has 0 atom stereocenters. The van der Waals surface area contributed by atoms with Gasteiger partial charge in [0.15, 0.2) is 0 Å². The molecule has 0 aliphatic carbocycles. The lowest BCUT2D eigenvalue weighted by molar-refractivity contribution is 0.469. The molecule has 3 nitrogen and oxygen atoms in total. The van der Waals surface area contributed by atoms with Crippen LogP contribution < -0.4 is 0 Å². The van der Waals surface area contributed by atoms with Crippen molar-refractivity contribution in [3.8, 4) is 0 Å². The Morgan fingerprint density at radius 2 is 1.74 bits per heavy atom. The molecule has 0 fully saturated rings. The van der Waals surface area contributed by atoms with Crippen LogP contribution in [-0.4, -0.2) is 19.8 Å². The number of benzene rings is 1. The molecule has 0 aliphatic rings. The quantitative estimate of drug-likeness (QED) is 0.850. The molecule has 0 saturated carbocycles. The SMILES string of the molecule is CN(Cc1ccc(Cl)s1)S(=O)(=O)c1ccc(Cl)cc1. The van der Waals surface area contributed by atoms with Crippen molar-refractivity contribution < 1.29 is 8.42 Å². The molecule has 0 amide bonds. The molecule has 1 aromatic carbocycles. The zero-order valence-electron chi connectivity index (χ0n) is 10.0. The van der Waals surface area contributed by atoms with Gasteiger partial charge in [-0.1, -0.05) is 23.2 Å². The highest BCUT2D eigenvalue weighted by molar-refractivity contribution is 7.89. The monoisotopic (exact) mass is 335 g/mol. The second-order valence-corrected chi connectivity index (χ2v) is 8.20. The summed E-state index contributed by atoms with van der Waals surface area (Å²) in [6, 6.07) is 9.69. The van der Waals surface area contributed by atoms with Gasteiger partial charge in [0.1, 0.15) is 0 Å². The molecule has 1 aromatic heterocycles. The first-order chi connectivity index (χ1) is 8.89. The summed E-state index contributed by atoms with van der Waals surface area (Å²) in [6.07, 6.45) is 0. The molecule has 7 heteroatoms. The maximum Gasteiger partial charge on any atom is 0.243 e.